The molecule has 0 radical (unpaired) electrons. The molecule has 2 rings (SSSR count). The number of nitrogens with zero attached hydrogens (tertiary/aromatic N) is 1. The van der Waals surface area contributed by atoms with Crippen molar-refractivity contribution in [2.75, 3.05) is 26.8 Å². The third kappa shape index (κ3) is 2.91. The molecule has 1 aliphatic heterocycles. The van der Waals surface area contributed by atoms with Crippen LogP contribution in [0, 0.1) is 0 Å². The number of rotatable bonds is 4. The van der Waals surface area contributed by atoms with Gasteiger partial charge in [-0.15, -0.1) is 0 Å². The zero-order valence-electron chi connectivity index (χ0n) is 11.6. The van der Waals surface area contributed by atoms with E-state index < -0.39 is 0 Å². The number of morpholine rings is 1. The summed E-state index contributed by atoms with van der Waals surface area (Å²) in [5.41, 5.74) is 1.35. The Hall–Kier alpha value is -0.900. The summed E-state index contributed by atoms with van der Waals surface area (Å²) >= 11 is 0. The SMILES string of the molecule is CNC(c1ccccc1)C(C)N1CCOCC1C. The van der Waals surface area contributed by atoms with Gasteiger partial charge >= 0.3 is 0 Å². The largest absolute Gasteiger partial charge is 0.379 e. The van der Waals surface area contributed by atoms with E-state index in [9.17, 15) is 0 Å². The summed E-state index contributed by atoms with van der Waals surface area (Å²) in [5.74, 6) is 0. The van der Waals surface area contributed by atoms with Crippen molar-refractivity contribution in [3.05, 3.63) is 35.9 Å². The van der Waals surface area contributed by atoms with Gasteiger partial charge in [-0.25, -0.2) is 0 Å². The van der Waals surface area contributed by atoms with Crippen LogP contribution < -0.4 is 5.32 Å². The Bertz CT molecular complexity index is 355. The number of benzene rings is 1. The minimum absolute atomic E-state index is 0.367. The minimum atomic E-state index is 0.367. The summed E-state index contributed by atoms with van der Waals surface area (Å²) in [6.07, 6.45) is 0. The summed E-state index contributed by atoms with van der Waals surface area (Å²) < 4.78 is 5.52. The fourth-order valence-corrected chi connectivity index (χ4v) is 2.88. The second-order valence-corrected chi connectivity index (χ2v) is 5.08. The standard InChI is InChI=1S/C15H24N2O/c1-12-11-18-10-9-17(12)13(2)15(16-3)14-7-5-4-6-8-14/h4-8,12-13,15-16H,9-11H2,1-3H3. The van der Waals surface area contributed by atoms with E-state index >= 15 is 0 Å². The average Bonchev–Trinajstić information content (AvgIpc) is 2.41. The Morgan fingerprint density at radius 1 is 1.33 bits per heavy atom. The summed E-state index contributed by atoms with van der Waals surface area (Å²) in [6.45, 7) is 7.26. The summed E-state index contributed by atoms with van der Waals surface area (Å²) in [7, 11) is 2.04. The van der Waals surface area contributed by atoms with E-state index in [4.69, 9.17) is 4.74 Å². The maximum Gasteiger partial charge on any atom is 0.0619 e. The van der Waals surface area contributed by atoms with E-state index in [-0.39, 0.29) is 0 Å². The van der Waals surface area contributed by atoms with Crippen molar-refractivity contribution < 1.29 is 4.74 Å². The van der Waals surface area contributed by atoms with Crippen molar-refractivity contribution in [2.45, 2.75) is 32.0 Å². The van der Waals surface area contributed by atoms with Crippen LogP contribution >= 0.6 is 0 Å². The van der Waals surface area contributed by atoms with Crippen LogP contribution in [0.5, 0.6) is 0 Å². The number of likely N-dealkylation sites (N-methyl/N-ethyl adjacent to an activating group) is 1. The molecular weight excluding hydrogens is 224 g/mol. The molecule has 18 heavy (non-hydrogen) atoms. The molecule has 0 amide bonds. The maximum absolute atomic E-state index is 5.52. The van der Waals surface area contributed by atoms with Crippen molar-refractivity contribution in [1.29, 1.82) is 0 Å². The Morgan fingerprint density at radius 2 is 2.06 bits per heavy atom. The van der Waals surface area contributed by atoms with Crippen LogP contribution in [0.3, 0.4) is 0 Å². The van der Waals surface area contributed by atoms with Crippen molar-refractivity contribution in [3.8, 4) is 0 Å². The Balaban J connectivity index is 2.12. The highest BCUT2D eigenvalue weighted by Gasteiger charge is 2.29. The van der Waals surface area contributed by atoms with Gasteiger partial charge in [-0.05, 0) is 26.5 Å². The molecule has 100 valence electrons. The molecule has 3 atom stereocenters. The van der Waals surface area contributed by atoms with Gasteiger partial charge < -0.3 is 10.1 Å². The summed E-state index contributed by atoms with van der Waals surface area (Å²) in [6, 6.07) is 12.0. The second-order valence-electron chi connectivity index (χ2n) is 5.08. The van der Waals surface area contributed by atoms with E-state index in [0.717, 1.165) is 19.8 Å². The van der Waals surface area contributed by atoms with Crippen LogP contribution in [0.25, 0.3) is 0 Å². The lowest BCUT2D eigenvalue weighted by Gasteiger charge is -2.41. The topological polar surface area (TPSA) is 24.5 Å². The molecule has 1 aromatic carbocycles. The molecule has 1 N–H and O–H groups in total. The Morgan fingerprint density at radius 3 is 2.67 bits per heavy atom. The first-order valence-electron chi connectivity index (χ1n) is 6.79. The van der Waals surface area contributed by atoms with Gasteiger partial charge in [0.15, 0.2) is 0 Å². The molecule has 1 heterocycles. The zero-order valence-corrected chi connectivity index (χ0v) is 11.6. The molecule has 0 bridgehead atoms. The third-order valence-corrected chi connectivity index (χ3v) is 3.89. The summed E-state index contributed by atoms with van der Waals surface area (Å²) in [5, 5.41) is 3.45. The predicted octanol–water partition coefficient (Wildman–Crippen LogP) is 2.06. The van der Waals surface area contributed by atoms with Crippen LogP contribution in [-0.2, 0) is 4.74 Å². The smallest absolute Gasteiger partial charge is 0.0619 e. The van der Waals surface area contributed by atoms with Crippen LogP contribution in [0.4, 0.5) is 0 Å². The van der Waals surface area contributed by atoms with Gasteiger partial charge in [0.25, 0.3) is 0 Å². The quantitative estimate of drug-likeness (QED) is 0.882. The van der Waals surface area contributed by atoms with E-state index in [1.807, 2.05) is 7.05 Å². The van der Waals surface area contributed by atoms with Gasteiger partial charge in [-0.2, -0.15) is 0 Å². The molecule has 3 heteroatoms. The highest BCUT2D eigenvalue weighted by atomic mass is 16.5. The highest BCUT2D eigenvalue weighted by molar-refractivity contribution is 5.20. The van der Waals surface area contributed by atoms with Crippen LogP contribution in [0.15, 0.2) is 30.3 Å². The number of hydrogen-bond acceptors (Lipinski definition) is 3. The maximum atomic E-state index is 5.52. The molecule has 1 aromatic rings. The van der Waals surface area contributed by atoms with Crippen molar-refractivity contribution in [3.63, 3.8) is 0 Å². The fourth-order valence-electron chi connectivity index (χ4n) is 2.88. The van der Waals surface area contributed by atoms with Crippen molar-refractivity contribution >= 4 is 0 Å². The molecule has 0 aliphatic carbocycles. The van der Waals surface area contributed by atoms with Crippen LogP contribution in [-0.4, -0.2) is 43.8 Å². The molecule has 0 saturated carbocycles. The Kier molecular flexibility index (Phi) is 4.75. The van der Waals surface area contributed by atoms with E-state index in [1.54, 1.807) is 0 Å². The summed E-state index contributed by atoms with van der Waals surface area (Å²) in [4.78, 5) is 2.54. The number of hydrogen-bond donors (Lipinski definition) is 1. The molecule has 1 aliphatic rings. The number of ether oxygens (including phenoxy) is 1. The third-order valence-electron chi connectivity index (χ3n) is 3.89. The average molecular weight is 248 g/mol. The van der Waals surface area contributed by atoms with Gasteiger partial charge in [-0.3, -0.25) is 4.90 Å². The molecule has 3 nitrogen and oxygen atoms in total. The fraction of sp³-hybridized carbons (Fsp3) is 0.600. The normalized spacial score (nSPS) is 24.7. The van der Waals surface area contributed by atoms with Gasteiger partial charge in [0.05, 0.1) is 13.2 Å². The first-order chi connectivity index (χ1) is 8.74. The first kappa shape index (κ1) is 13.5. The Labute approximate surface area is 110 Å². The molecule has 0 spiro atoms. The lowest BCUT2D eigenvalue weighted by atomic mass is 9.98. The van der Waals surface area contributed by atoms with E-state index in [1.165, 1.54) is 5.56 Å². The molecule has 0 aromatic heterocycles. The van der Waals surface area contributed by atoms with Gasteiger partial charge in [0, 0.05) is 24.7 Å². The van der Waals surface area contributed by atoms with Gasteiger partial charge in [-0.1, -0.05) is 30.3 Å². The predicted molar refractivity (Wildman–Crippen MR) is 74.7 cm³/mol. The monoisotopic (exact) mass is 248 g/mol. The molecular formula is C15H24N2O. The van der Waals surface area contributed by atoms with Gasteiger partial charge in [0.1, 0.15) is 0 Å². The lowest BCUT2D eigenvalue weighted by molar-refractivity contribution is -0.0254. The number of nitrogens with one attached hydrogen (secondary N) is 1. The minimum Gasteiger partial charge on any atom is -0.379 e. The molecule has 1 saturated heterocycles. The molecule has 1 fully saturated rings. The van der Waals surface area contributed by atoms with Gasteiger partial charge in [0.2, 0.25) is 0 Å². The van der Waals surface area contributed by atoms with Crippen molar-refractivity contribution in [1.82, 2.24) is 10.2 Å². The highest BCUT2D eigenvalue weighted by Crippen LogP contribution is 2.23. The molecule has 3 unspecified atom stereocenters. The zero-order chi connectivity index (χ0) is 13.0. The van der Waals surface area contributed by atoms with Crippen LogP contribution in [0.2, 0.25) is 0 Å². The van der Waals surface area contributed by atoms with E-state index in [2.05, 4.69) is 54.4 Å². The van der Waals surface area contributed by atoms with Crippen molar-refractivity contribution in [2.24, 2.45) is 0 Å². The van der Waals surface area contributed by atoms with Crippen LogP contribution in [0.1, 0.15) is 25.5 Å². The van der Waals surface area contributed by atoms with E-state index in [0.29, 0.717) is 18.1 Å². The lowest BCUT2D eigenvalue weighted by Crippen LogP contribution is -2.52. The first-order valence-corrected chi connectivity index (χ1v) is 6.79. The second kappa shape index (κ2) is 6.32.